The highest BCUT2D eigenvalue weighted by atomic mass is 19.1. The number of alkyl halides is 2. The molecule has 0 radical (unpaired) electrons. The van der Waals surface area contributed by atoms with Gasteiger partial charge in [-0.15, -0.1) is 0 Å². The van der Waals surface area contributed by atoms with Crippen LogP contribution >= 0.6 is 0 Å². The molecule has 3 aromatic heterocycles. The van der Waals surface area contributed by atoms with Crippen LogP contribution in [0.4, 0.5) is 13.2 Å². The van der Waals surface area contributed by atoms with Crippen molar-refractivity contribution in [1.29, 1.82) is 0 Å². The third-order valence-corrected chi connectivity index (χ3v) is 7.82. The second kappa shape index (κ2) is 13.0. The summed E-state index contributed by atoms with van der Waals surface area (Å²) in [5.41, 5.74) is 7.45. The van der Waals surface area contributed by atoms with E-state index in [4.69, 9.17) is 10.8 Å². The van der Waals surface area contributed by atoms with E-state index in [1.807, 2.05) is 0 Å². The number of H-pyrrole nitrogens is 1. The molecule has 2 saturated heterocycles. The Kier molecular flexibility index (Phi) is 9.27. The number of nitrogens with two attached hydrogens (primary N) is 1. The van der Waals surface area contributed by atoms with Gasteiger partial charge in [-0.3, -0.25) is 19.1 Å². The first-order chi connectivity index (χ1) is 21.7. The highest BCUT2D eigenvalue weighted by molar-refractivity contribution is 6.06. The number of aromatic nitrogens is 5. The molecule has 6 N–H and O–H groups in total. The lowest BCUT2D eigenvalue weighted by atomic mass is 10.1. The van der Waals surface area contributed by atoms with Gasteiger partial charge in [-0.25, -0.2) is 23.1 Å². The van der Waals surface area contributed by atoms with Gasteiger partial charge in [-0.1, -0.05) is 0 Å². The second-order valence-corrected chi connectivity index (χ2v) is 11.4. The zero-order chi connectivity index (χ0) is 33.4. The van der Waals surface area contributed by atoms with Crippen molar-refractivity contribution >= 4 is 39.8 Å². The third kappa shape index (κ3) is 6.52. The number of aliphatic hydroxyl groups excluding tert-OH is 2. The molecule has 4 aromatic rings. The van der Waals surface area contributed by atoms with Crippen molar-refractivity contribution in [1.82, 2.24) is 39.8 Å². The summed E-state index contributed by atoms with van der Waals surface area (Å²) < 4.78 is 40.7. The first-order valence-electron chi connectivity index (χ1n) is 14.5. The van der Waals surface area contributed by atoms with Crippen molar-refractivity contribution in [3.8, 4) is 11.4 Å². The minimum atomic E-state index is -1.24. The van der Waals surface area contributed by atoms with Gasteiger partial charge in [-0.05, 0) is 32.0 Å². The molecule has 0 aliphatic carbocycles. The molecule has 0 saturated carbocycles. The lowest BCUT2D eigenvalue weighted by Crippen LogP contribution is -2.60. The summed E-state index contributed by atoms with van der Waals surface area (Å²) in [6.45, 7) is 2.90. The fraction of sp³-hybridized carbons (Fsp3) is 0.448. The molecule has 0 spiro atoms. The van der Waals surface area contributed by atoms with E-state index in [0.29, 0.717) is 27.9 Å². The molecule has 4 atom stereocenters. The molecule has 0 unspecified atom stereocenters. The first kappa shape index (κ1) is 32.8. The highest BCUT2D eigenvalue weighted by Gasteiger charge is 2.38. The molecule has 2 aliphatic heterocycles. The van der Waals surface area contributed by atoms with Crippen LogP contribution in [0.5, 0.6) is 0 Å². The fourth-order valence-electron chi connectivity index (χ4n) is 5.03. The summed E-state index contributed by atoms with van der Waals surface area (Å²) in [6, 6.07) is 2.13. The maximum Gasteiger partial charge on any atom is 0.255 e. The van der Waals surface area contributed by atoms with E-state index in [0.717, 1.165) is 0 Å². The van der Waals surface area contributed by atoms with Crippen LogP contribution in [-0.4, -0.2) is 125 Å². The molecule has 6 rings (SSSR count). The summed E-state index contributed by atoms with van der Waals surface area (Å²) in [6.07, 6.45) is -1.20. The average Bonchev–Trinajstić information content (AvgIpc) is 3.55. The lowest BCUT2D eigenvalue weighted by Gasteiger charge is -2.37. The predicted molar refractivity (Wildman–Crippen MR) is 159 cm³/mol. The van der Waals surface area contributed by atoms with E-state index in [-0.39, 0.29) is 43.2 Å². The smallest absolute Gasteiger partial charge is 0.255 e. The molecule has 0 bridgehead atoms. The van der Waals surface area contributed by atoms with Crippen LogP contribution in [0.25, 0.3) is 33.5 Å². The summed E-state index contributed by atoms with van der Waals surface area (Å²) in [5, 5.41) is 26.6. The molecule has 14 nitrogen and oxygen atoms in total. The maximum absolute atomic E-state index is 13.7. The van der Waals surface area contributed by atoms with Crippen molar-refractivity contribution < 1.29 is 37.8 Å². The van der Waals surface area contributed by atoms with Gasteiger partial charge >= 0.3 is 0 Å². The molecular weight excluding hydrogens is 611 g/mol. The average molecular weight is 646 g/mol. The van der Waals surface area contributed by atoms with Crippen LogP contribution < -0.4 is 11.1 Å². The zero-order valence-electron chi connectivity index (χ0n) is 25.2. The number of carbonyl (C=O) groups excluding carboxylic acids is 3. The lowest BCUT2D eigenvalue weighted by molar-refractivity contribution is -0.143. The molecule has 1 aromatic carbocycles. The van der Waals surface area contributed by atoms with Gasteiger partial charge in [0, 0.05) is 18.6 Å². The number of hydrogen-bond acceptors (Lipinski definition) is 9. The Morgan fingerprint density at radius 3 is 2.26 bits per heavy atom. The number of halogens is 3. The van der Waals surface area contributed by atoms with E-state index in [2.05, 4.69) is 25.4 Å². The predicted octanol–water partition coefficient (Wildman–Crippen LogP) is 0.185. The Balaban J connectivity index is 0.000000293. The summed E-state index contributed by atoms with van der Waals surface area (Å²) in [5.74, 6) is -1.98. The van der Waals surface area contributed by atoms with E-state index in [9.17, 15) is 32.7 Å². The molecule has 46 heavy (non-hydrogen) atoms. The number of aryl methyl sites for hydroxylation is 1. The molecule has 2 aliphatic rings. The fourth-order valence-corrected chi connectivity index (χ4v) is 5.03. The Morgan fingerprint density at radius 1 is 1.04 bits per heavy atom. The van der Waals surface area contributed by atoms with Crippen molar-refractivity contribution in [3.63, 3.8) is 0 Å². The molecule has 3 amide bonds. The topological polar surface area (TPSA) is 196 Å². The van der Waals surface area contributed by atoms with Crippen LogP contribution in [0.2, 0.25) is 0 Å². The van der Waals surface area contributed by atoms with E-state index in [1.54, 1.807) is 13.1 Å². The minimum Gasteiger partial charge on any atom is -0.391 e. The largest absolute Gasteiger partial charge is 0.391 e. The first-order valence-corrected chi connectivity index (χ1v) is 14.5. The van der Waals surface area contributed by atoms with E-state index >= 15 is 0 Å². The summed E-state index contributed by atoms with van der Waals surface area (Å²) >= 11 is 0. The number of likely N-dealkylation sites (tertiary alicyclic amines) is 2. The normalized spacial score (nSPS) is 17.8. The SMILES string of the molecule is C[C@@H](O)[C@@H](N)C(=O)N1CC(F)C1.C[C@@H](O)[C@@H](NC(=O)c1c[nH]c2ncc(-c3nn(C)c4cc(F)ccc34)nc12)C(=O)N1CC(F)C1. The number of carbonyl (C=O) groups is 3. The number of nitrogens with one attached hydrogen (secondary N) is 2. The summed E-state index contributed by atoms with van der Waals surface area (Å²) in [7, 11) is 1.68. The third-order valence-electron chi connectivity index (χ3n) is 7.82. The number of fused-ring (bicyclic) bond motifs is 2. The Labute approximate surface area is 260 Å². The van der Waals surface area contributed by atoms with Gasteiger partial charge < -0.3 is 36.0 Å². The van der Waals surface area contributed by atoms with Crippen molar-refractivity contribution in [3.05, 3.63) is 42.0 Å². The van der Waals surface area contributed by atoms with Gasteiger partial charge in [0.25, 0.3) is 5.91 Å². The van der Waals surface area contributed by atoms with Gasteiger partial charge in [0.2, 0.25) is 11.8 Å². The van der Waals surface area contributed by atoms with Crippen LogP contribution in [-0.2, 0) is 16.6 Å². The molecule has 5 heterocycles. The van der Waals surface area contributed by atoms with Crippen molar-refractivity contribution in [2.45, 2.75) is 50.5 Å². The molecule has 17 heteroatoms. The second-order valence-electron chi connectivity index (χ2n) is 11.4. The van der Waals surface area contributed by atoms with Crippen molar-refractivity contribution in [2.75, 3.05) is 26.2 Å². The van der Waals surface area contributed by atoms with Crippen LogP contribution in [0.3, 0.4) is 0 Å². The van der Waals surface area contributed by atoms with E-state index in [1.165, 1.54) is 52.9 Å². The monoisotopic (exact) mass is 645 g/mol. The van der Waals surface area contributed by atoms with Crippen LogP contribution in [0.15, 0.2) is 30.6 Å². The molecule has 246 valence electrons. The summed E-state index contributed by atoms with van der Waals surface area (Å²) in [4.78, 5) is 51.1. The number of nitrogens with zero attached hydrogens (tertiary/aromatic N) is 6. The number of benzene rings is 1. The minimum absolute atomic E-state index is 0.0677. The maximum atomic E-state index is 13.7. The van der Waals surface area contributed by atoms with Crippen LogP contribution in [0.1, 0.15) is 24.2 Å². The van der Waals surface area contributed by atoms with Gasteiger partial charge in [0.15, 0.2) is 5.65 Å². The Hall–Kier alpha value is -4.61. The zero-order valence-corrected chi connectivity index (χ0v) is 25.2. The Morgan fingerprint density at radius 2 is 1.67 bits per heavy atom. The highest BCUT2D eigenvalue weighted by Crippen LogP contribution is 2.28. The van der Waals surface area contributed by atoms with Gasteiger partial charge in [0.05, 0.1) is 55.7 Å². The standard InChI is InChI=1S/C22H21F2N7O3.C7H13FN2O2/c1-10(32)17(22(34)31-8-12(24)9-31)28-21(33)14-6-25-20-19(14)27-15(7-26-20)18-13-4-3-11(23)5-16(13)30(2)29-18;1-4(11)6(9)7(12)10-2-5(8)3-10/h3-7,10,12,17,32H,8-9H2,1-2H3,(H,25,26)(H,28,33);4-6,11H,2-3,9H2,1H3/t10-,17-;4-,6-/m11/s1. The van der Waals surface area contributed by atoms with Gasteiger partial charge in [-0.2, -0.15) is 5.10 Å². The number of rotatable bonds is 7. The molecular formula is C29H34F3N9O5. The van der Waals surface area contributed by atoms with E-state index < -0.39 is 54.3 Å². The number of aliphatic hydroxyl groups is 2. The molecule has 2 fully saturated rings. The number of aromatic amines is 1. The quantitative estimate of drug-likeness (QED) is 0.186. The number of hydrogen-bond donors (Lipinski definition) is 5. The van der Waals surface area contributed by atoms with Crippen molar-refractivity contribution in [2.24, 2.45) is 12.8 Å². The number of amides is 3. The Bertz CT molecular complexity index is 1770. The van der Waals surface area contributed by atoms with Crippen LogP contribution in [0, 0.1) is 5.82 Å². The van der Waals surface area contributed by atoms with Gasteiger partial charge in [0.1, 0.15) is 47.1 Å².